The lowest BCUT2D eigenvalue weighted by Crippen LogP contribution is -2.44. The molecule has 3 aromatic rings. The normalized spacial score (nSPS) is 11.0. The number of rotatable bonds is 4. The van der Waals surface area contributed by atoms with Crippen molar-refractivity contribution in [1.29, 1.82) is 0 Å². The molecule has 2 nitrogen and oxygen atoms in total. The summed E-state index contributed by atoms with van der Waals surface area (Å²) >= 11 is 0. The van der Waals surface area contributed by atoms with E-state index in [1.165, 1.54) is 0 Å². The molecule has 3 aromatic carbocycles. The van der Waals surface area contributed by atoms with E-state index in [9.17, 15) is 4.79 Å². The van der Waals surface area contributed by atoms with E-state index in [0.29, 0.717) is 5.56 Å². The Labute approximate surface area is 136 Å². The van der Waals surface area contributed by atoms with Crippen LogP contribution in [0.3, 0.4) is 0 Å². The third kappa shape index (κ3) is 3.16. The topological polar surface area (TPSA) is 29.1 Å². The maximum absolute atomic E-state index is 12.7. The Bertz CT molecular complexity index is 727. The van der Waals surface area contributed by atoms with Crippen LogP contribution in [0.5, 0.6) is 0 Å². The van der Waals surface area contributed by atoms with Crippen LogP contribution >= 0.6 is 0 Å². The van der Waals surface area contributed by atoms with Gasteiger partial charge in [-0.3, -0.25) is 4.79 Å². The number of amides is 1. The molecule has 0 aliphatic carbocycles. The van der Waals surface area contributed by atoms with E-state index in [2.05, 4.69) is 5.32 Å². The van der Waals surface area contributed by atoms with Gasteiger partial charge in [0.2, 0.25) is 0 Å². The zero-order valence-electron chi connectivity index (χ0n) is 13.1. The van der Waals surface area contributed by atoms with Crippen molar-refractivity contribution in [3.8, 4) is 0 Å². The molecule has 1 N–H and O–H groups in total. The smallest absolute Gasteiger partial charge is 0.252 e. The highest BCUT2D eigenvalue weighted by atomic mass is 16.1. The molecule has 0 radical (unpaired) electrons. The first kappa shape index (κ1) is 15.0. The van der Waals surface area contributed by atoms with Gasteiger partial charge in [-0.1, -0.05) is 78.9 Å². The Hall–Kier alpha value is -2.87. The molecule has 23 heavy (non-hydrogen) atoms. The van der Waals surface area contributed by atoms with Gasteiger partial charge in [0.25, 0.3) is 5.91 Å². The van der Waals surface area contributed by atoms with Gasteiger partial charge in [0, 0.05) is 5.56 Å². The Morgan fingerprint density at radius 2 is 1.09 bits per heavy atom. The minimum atomic E-state index is -0.588. The molecule has 0 aliphatic rings. The monoisotopic (exact) mass is 301 g/mol. The van der Waals surface area contributed by atoms with Gasteiger partial charge in [-0.15, -0.1) is 0 Å². The molecule has 0 atom stereocenters. The molecule has 0 unspecified atom stereocenters. The lowest BCUT2D eigenvalue weighted by atomic mass is 9.84. The zero-order chi connectivity index (χ0) is 16.1. The molecule has 0 heterocycles. The van der Waals surface area contributed by atoms with Gasteiger partial charge in [0.15, 0.2) is 0 Å². The van der Waals surface area contributed by atoms with E-state index in [1.54, 1.807) is 0 Å². The highest BCUT2D eigenvalue weighted by Gasteiger charge is 2.30. The summed E-state index contributed by atoms with van der Waals surface area (Å²) in [5.41, 5.74) is 2.17. The summed E-state index contributed by atoms with van der Waals surface area (Å²) in [6, 6.07) is 29.4. The number of nitrogens with one attached hydrogen (secondary N) is 1. The van der Waals surface area contributed by atoms with E-state index in [4.69, 9.17) is 0 Å². The second kappa shape index (κ2) is 6.49. The molecule has 1 amide bonds. The number of benzene rings is 3. The lowest BCUT2D eigenvalue weighted by Gasteiger charge is -2.32. The average molecular weight is 301 g/mol. The minimum Gasteiger partial charge on any atom is -0.339 e. The quantitative estimate of drug-likeness (QED) is 0.761. The maximum Gasteiger partial charge on any atom is 0.252 e. The van der Waals surface area contributed by atoms with E-state index >= 15 is 0 Å². The van der Waals surface area contributed by atoms with Crippen LogP contribution in [-0.4, -0.2) is 5.91 Å². The van der Waals surface area contributed by atoms with Crippen molar-refractivity contribution in [2.45, 2.75) is 12.5 Å². The SMILES string of the molecule is CC(NC(=O)c1ccccc1)(c1ccccc1)c1ccccc1. The van der Waals surface area contributed by atoms with Crippen LogP contribution in [0, 0.1) is 0 Å². The molecule has 3 rings (SSSR count). The molecule has 0 saturated carbocycles. The minimum absolute atomic E-state index is 0.0826. The molecule has 2 heteroatoms. The molecule has 0 aromatic heterocycles. The van der Waals surface area contributed by atoms with E-state index in [0.717, 1.165) is 11.1 Å². The largest absolute Gasteiger partial charge is 0.339 e. The first-order chi connectivity index (χ1) is 11.2. The highest BCUT2D eigenvalue weighted by Crippen LogP contribution is 2.29. The molecular weight excluding hydrogens is 282 g/mol. The molecule has 0 fully saturated rings. The van der Waals surface area contributed by atoms with Crippen LogP contribution in [0.15, 0.2) is 91.0 Å². The van der Waals surface area contributed by atoms with Gasteiger partial charge in [0.1, 0.15) is 0 Å². The summed E-state index contributed by atoms with van der Waals surface area (Å²) in [7, 11) is 0. The van der Waals surface area contributed by atoms with Crippen molar-refractivity contribution in [3.05, 3.63) is 108 Å². The second-order valence-electron chi connectivity index (χ2n) is 5.68. The fourth-order valence-electron chi connectivity index (χ4n) is 2.74. The standard InChI is InChI=1S/C21H19NO/c1-21(18-13-7-3-8-14-18,19-15-9-4-10-16-19)22-20(23)17-11-5-2-6-12-17/h2-16H,1H3,(H,22,23). The zero-order valence-corrected chi connectivity index (χ0v) is 13.1. The third-order valence-electron chi connectivity index (χ3n) is 4.10. The molecule has 0 spiro atoms. The van der Waals surface area contributed by atoms with Crippen LogP contribution in [0.25, 0.3) is 0 Å². The Balaban J connectivity index is 2.01. The second-order valence-corrected chi connectivity index (χ2v) is 5.68. The fourth-order valence-corrected chi connectivity index (χ4v) is 2.74. The molecule has 114 valence electrons. The third-order valence-corrected chi connectivity index (χ3v) is 4.10. The average Bonchev–Trinajstić information content (AvgIpc) is 2.64. The Morgan fingerprint density at radius 1 is 0.696 bits per heavy atom. The fraction of sp³-hybridized carbons (Fsp3) is 0.0952. The van der Waals surface area contributed by atoms with Gasteiger partial charge < -0.3 is 5.32 Å². The van der Waals surface area contributed by atoms with Crippen molar-refractivity contribution >= 4 is 5.91 Å². The van der Waals surface area contributed by atoms with Crippen molar-refractivity contribution in [3.63, 3.8) is 0 Å². The molecule has 0 bridgehead atoms. The summed E-state index contributed by atoms with van der Waals surface area (Å²) in [4.78, 5) is 12.7. The van der Waals surface area contributed by atoms with Crippen molar-refractivity contribution < 1.29 is 4.79 Å². The Morgan fingerprint density at radius 3 is 1.52 bits per heavy atom. The van der Waals surface area contributed by atoms with E-state index < -0.39 is 5.54 Å². The molecule has 0 aliphatic heterocycles. The predicted molar refractivity (Wildman–Crippen MR) is 93.2 cm³/mol. The van der Waals surface area contributed by atoms with Crippen LogP contribution in [-0.2, 0) is 5.54 Å². The van der Waals surface area contributed by atoms with Gasteiger partial charge in [0.05, 0.1) is 5.54 Å². The van der Waals surface area contributed by atoms with E-state index in [-0.39, 0.29) is 5.91 Å². The van der Waals surface area contributed by atoms with Crippen molar-refractivity contribution in [2.75, 3.05) is 0 Å². The number of hydrogen-bond acceptors (Lipinski definition) is 1. The van der Waals surface area contributed by atoms with Crippen LogP contribution in [0.4, 0.5) is 0 Å². The maximum atomic E-state index is 12.7. The van der Waals surface area contributed by atoms with Crippen molar-refractivity contribution in [1.82, 2.24) is 5.32 Å². The Kier molecular flexibility index (Phi) is 4.24. The summed E-state index contributed by atoms with van der Waals surface area (Å²) in [6.45, 7) is 2.04. The van der Waals surface area contributed by atoms with Crippen molar-refractivity contribution in [2.24, 2.45) is 0 Å². The number of carbonyl (C=O) groups is 1. The highest BCUT2D eigenvalue weighted by molar-refractivity contribution is 5.95. The number of carbonyl (C=O) groups excluding carboxylic acids is 1. The van der Waals surface area contributed by atoms with Crippen LogP contribution in [0.1, 0.15) is 28.4 Å². The molecule has 0 saturated heterocycles. The summed E-state index contributed by atoms with van der Waals surface area (Å²) in [5.74, 6) is -0.0826. The van der Waals surface area contributed by atoms with Crippen LogP contribution < -0.4 is 5.32 Å². The molecular formula is C21H19NO. The first-order valence-corrected chi connectivity index (χ1v) is 7.69. The van der Waals surface area contributed by atoms with Gasteiger partial charge >= 0.3 is 0 Å². The van der Waals surface area contributed by atoms with E-state index in [1.807, 2.05) is 97.9 Å². The van der Waals surface area contributed by atoms with Gasteiger partial charge in [-0.25, -0.2) is 0 Å². The number of hydrogen-bond donors (Lipinski definition) is 1. The van der Waals surface area contributed by atoms with Gasteiger partial charge in [-0.2, -0.15) is 0 Å². The summed E-state index contributed by atoms with van der Waals surface area (Å²) in [6.07, 6.45) is 0. The lowest BCUT2D eigenvalue weighted by molar-refractivity contribution is 0.0919. The first-order valence-electron chi connectivity index (χ1n) is 7.69. The van der Waals surface area contributed by atoms with Gasteiger partial charge in [-0.05, 0) is 30.2 Å². The summed E-state index contributed by atoms with van der Waals surface area (Å²) < 4.78 is 0. The predicted octanol–water partition coefficient (Wildman–Crippen LogP) is 4.38. The van der Waals surface area contributed by atoms with Crippen LogP contribution in [0.2, 0.25) is 0 Å². The summed E-state index contributed by atoms with van der Waals surface area (Å²) in [5, 5.41) is 3.20.